The summed E-state index contributed by atoms with van der Waals surface area (Å²) in [7, 11) is 0. The second-order valence-corrected chi connectivity index (χ2v) is 7.76. The van der Waals surface area contributed by atoms with E-state index in [0.29, 0.717) is 37.7 Å². The maximum Gasteiger partial charge on any atom is 0.294 e. The third-order valence-electron chi connectivity index (χ3n) is 4.48. The minimum atomic E-state index is -0.742. The predicted octanol–water partition coefficient (Wildman–Crippen LogP) is 3.45. The molecule has 0 spiro atoms. The van der Waals surface area contributed by atoms with Gasteiger partial charge in [0, 0.05) is 17.0 Å². The van der Waals surface area contributed by atoms with Gasteiger partial charge in [-0.15, -0.1) is 0 Å². The Hall–Kier alpha value is -2.35. The molecule has 142 valence electrons. The van der Waals surface area contributed by atoms with Crippen molar-refractivity contribution in [1.82, 2.24) is 10.1 Å². The number of hydrogen-bond donors (Lipinski definition) is 0. The molecule has 0 radical (unpaired) electrons. The summed E-state index contributed by atoms with van der Waals surface area (Å²) in [6.07, 6.45) is 1.04. The van der Waals surface area contributed by atoms with Crippen molar-refractivity contribution in [1.29, 1.82) is 0 Å². The second kappa shape index (κ2) is 7.24. The van der Waals surface area contributed by atoms with Crippen molar-refractivity contribution in [2.24, 2.45) is 0 Å². The van der Waals surface area contributed by atoms with Crippen molar-refractivity contribution in [3.05, 3.63) is 58.1 Å². The molecular weight excluding hydrogens is 419 g/mol. The monoisotopic (exact) mass is 432 g/mol. The number of hydrogen-bond acceptors (Lipinski definition) is 5. The molecule has 1 aromatic heterocycles. The molecule has 1 aliphatic rings. The van der Waals surface area contributed by atoms with E-state index in [2.05, 4.69) is 10.1 Å². The summed E-state index contributed by atoms with van der Waals surface area (Å²) in [6, 6.07) is 12.2. The van der Waals surface area contributed by atoms with Crippen LogP contribution in [-0.4, -0.2) is 22.2 Å². The summed E-state index contributed by atoms with van der Waals surface area (Å²) in [5.41, 5.74) is 2.11. The second-order valence-electron chi connectivity index (χ2n) is 6.14. The fraction of sp³-hybridized carbons (Fsp3) is 0.158. The Morgan fingerprint density at radius 2 is 2.00 bits per heavy atom. The van der Waals surface area contributed by atoms with Crippen LogP contribution in [0.4, 0.5) is 5.69 Å². The average Bonchev–Trinajstić information content (AvgIpc) is 2.66. The van der Waals surface area contributed by atoms with Crippen LogP contribution in [0.15, 0.2) is 47.6 Å². The number of anilines is 1. The lowest BCUT2D eigenvalue weighted by Crippen LogP contribution is -2.58. The Morgan fingerprint density at radius 3 is 2.68 bits per heavy atom. The summed E-state index contributed by atoms with van der Waals surface area (Å²) in [5, 5.41) is 18.5. The molecule has 4 rings (SSSR count). The Bertz CT molecular complexity index is 1110. The lowest BCUT2D eigenvalue weighted by molar-refractivity contribution is -0.764. The molecule has 1 unspecified atom stereocenters. The number of aromatic nitrogens is 3. The van der Waals surface area contributed by atoms with Crippen LogP contribution in [0.1, 0.15) is 18.7 Å². The van der Waals surface area contributed by atoms with Gasteiger partial charge in [-0.3, -0.25) is 4.79 Å². The minimum Gasteiger partial charge on any atom is -0.854 e. The molecule has 1 amide bonds. The van der Waals surface area contributed by atoms with Gasteiger partial charge >= 0.3 is 0 Å². The van der Waals surface area contributed by atoms with E-state index in [-0.39, 0.29) is 5.91 Å². The molecular formula is C19H14Cl2N4O2S. The van der Waals surface area contributed by atoms with Gasteiger partial charge in [0.25, 0.3) is 17.0 Å². The van der Waals surface area contributed by atoms with Crippen molar-refractivity contribution in [3.63, 3.8) is 0 Å². The highest BCUT2D eigenvalue weighted by Crippen LogP contribution is 2.42. The SMILES string of the molecule is CSc1nc([O-])c2[n+](n1)C(c1ccc(Cl)cc1Cl)N(C(C)=O)c1ccccc1-2. The van der Waals surface area contributed by atoms with Crippen LogP contribution < -0.4 is 14.7 Å². The van der Waals surface area contributed by atoms with Crippen LogP contribution >= 0.6 is 35.0 Å². The van der Waals surface area contributed by atoms with E-state index in [9.17, 15) is 9.90 Å². The maximum absolute atomic E-state index is 12.9. The normalized spacial score (nSPS) is 15.1. The zero-order chi connectivity index (χ0) is 20.0. The number of thioether (sulfide) groups is 1. The first kappa shape index (κ1) is 19.0. The fourth-order valence-corrected chi connectivity index (χ4v) is 4.20. The first-order valence-electron chi connectivity index (χ1n) is 8.31. The van der Waals surface area contributed by atoms with Gasteiger partial charge in [-0.05, 0) is 36.6 Å². The zero-order valence-electron chi connectivity index (χ0n) is 14.9. The van der Waals surface area contributed by atoms with E-state index >= 15 is 0 Å². The number of fused-ring (bicyclic) bond motifs is 3. The Labute approximate surface area is 175 Å². The number of para-hydroxylation sites is 1. The molecule has 1 aliphatic heterocycles. The predicted molar refractivity (Wildman–Crippen MR) is 107 cm³/mol. The average molecular weight is 433 g/mol. The molecule has 3 aromatic rings. The molecule has 2 heterocycles. The smallest absolute Gasteiger partial charge is 0.294 e. The zero-order valence-corrected chi connectivity index (χ0v) is 17.2. The standard InChI is InChI=1S/C19H14Cl2N4O2S/c1-10(26)24-15-6-4-3-5-13(15)16-17(27)22-19(28-2)23-25(16)18(24)12-8-7-11(20)9-14(12)21/h3-9,18H,1-2H3. The third kappa shape index (κ3) is 2.99. The summed E-state index contributed by atoms with van der Waals surface area (Å²) in [5.74, 6) is -0.622. The van der Waals surface area contributed by atoms with Crippen LogP contribution in [0.3, 0.4) is 0 Å². The lowest BCUT2D eigenvalue weighted by Gasteiger charge is -2.33. The van der Waals surface area contributed by atoms with Gasteiger partial charge in [-0.1, -0.05) is 51.8 Å². The number of halogens is 2. The van der Waals surface area contributed by atoms with Gasteiger partial charge < -0.3 is 5.11 Å². The molecule has 0 aliphatic carbocycles. The van der Waals surface area contributed by atoms with E-state index in [1.54, 1.807) is 47.6 Å². The first-order chi connectivity index (χ1) is 13.4. The number of amides is 1. The van der Waals surface area contributed by atoms with Crippen LogP contribution in [0.25, 0.3) is 11.3 Å². The Morgan fingerprint density at radius 1 is 1.25 bits per heavy atom. The Balaban J connectivity index is 2.10. The number of nitrogens with zero attached hydrogens (tertiary/aromatic N) is 4. The lowest BCUT2D eigenvalue weighted by atomic mass is 10.0. The molecule has 0 saturated carbocycles. The number of carbonyl (C=O) groups excluding carboxylic acids is 1. The topological polar surface area (TPSA) is 73.0 Å². The molecule has 9 heteroatoms. The Kier molecular flexibility index (Phi) is 4.91. The van der Waals surface area contributed by atoms with Crippen molar-refractivity contribution < 1.29 is 14.6 Å². The maximum atomic E-state index is 12.9. The van der Waals surface area contributed by atoms with Crippen molar-refractivity contribution >= 4 is 46.6 Å². The van der Waals surface area contributed by atoms with Gasteiger partial charge in [-0.25, -0.2) is 9.88 Å². The largest absolute Gasteiger partial charge is 0.854 e. The third-order valence-corrected chi connectivity index (χ3v) is 5.58. The van der Waals surface area contributed by atoms with E-state index in [4.69, 9.17) is 23.2 Å². The number of benzene rings is 2. The van der Waals surface area contributed by atoms with Crippen LogP contribution in [0, 0.1) is 0 Å². The molecule has 0 bridgehead atoms. The fourth-order valence-electron chi connectivity index (χ4n) is 3.35. The van der Waals surface area contributed by atoms with E-state index in [1.807, 2.05) is 6.07 Å². The summed E-state index contributed by atoms with van der Waals surface area (Å²) in [4.78, 5) is 18.3. The number of carbonyl (C=O) groups is 1. The van der Waals surface area contributed by atoms with E-state index < -0.39 is 12.0 Å². The molecule has 6 nitrogen and oxygen atoms in total. The van der Waals surface area contributed by atoms with Crippen molar-refractivity contribution in [2.75, 3.05) is 11.2 Å². The van der Waals surface area contributed by atoms with E-state index in [1.165, 1.54) is 23.4 Å². The highest BCUT2D eigenvalue weighted by atomic mass is 35.5. The van der Waals surface area contributed by atoms with Gasteiger partial charge in [0.1, 0.15) is 0 Å². The van der Waals surface area contributed by atoms with Gasteiger partial charge in [0.05, 0.1) is 27.7 Å². The van der Waals surface area contributed by atoms with Gasteiger partial charge in [0.15, 0.2) is 0 Å². The molecule has 1 atom stereocenters. The van der Waals surface area contributed by atoms with Gasteiger partial charge in [0.2, 0.25) is 5.91 Å². The van der Waals surface area contributed by atoms with Crippen molar-refractivity contribution in [2.45, 2.75) is 18.2 Å². The summed E-state index contributed by atoms with van der Waals surface area (Å²) < 4.78 is 1.53. The molecule has 0 saturated heterocycles. The molecule has 2 aromatic carbocycles. The highest BCUT2D eigenvalue weighted by Gasteiger charge is 2.44. The van der Waals surface area contributed by atoms with E-state index in [0.717, 1.165) is 0 Å². The quantitative estimate of drug-likeness (QED) is 0.457. The minimum absolute atomic E-state index is 0.210. The first-order valence-corrected chi connectivity index (χ1v) is 10.3. The molecule has 0 fully saturated rings. The van der Waals surface area contributed by atoms with Crippen LogP contribution in [0.2, 0.25) is 10.0 Å². The molecule has 0 N–H and O–H groups in total. The summed E-state index contributed by atoms with van der Waals surface area (Å²) >= 11 is 13.8. The summed E-state index contributed by atoms with van der Waals surface area (Å²) in [6.45, 7) is 1.47. The number of rotatable bonds is 2. The van der Waals surface area contributed by atoms with Gasteiger partial charge in [-0.2, -0.15) is 0 Å². The van der Waals surface area contributed by atoms with Crippen molar-refractivity contribution in [3.8, 4) is 17.1 Å². The molecule has 28 heavy (non-hydrogen) atoms. The van der Waals surface area contributed by atoms with Crippen LogP contribution in [0.5, 0.6) is 5.88 Å². The highest BCUT2D eigenvalue weighted by molar-refractivity contribution is 7.98. The van der Waals surface area contributed by atoms with Crippen LogP contribution in [-0.2, 0) is 4.79 Å².